The maximum atomic E-state index is 13.8. The zero-order valence-electron chi connectivity index (χ0n) is 25.5. The Balaban J connectivity index is 1.46. The lowest BCUT2D eigenvalue weighted by Gasteiger charge is -2.12. The van der Waals surface area contributed by atoms with Crippen LogP contribution in [0.4, 0.5) is 11.4 Å². The zero-order valence-corrected chi connectivity index (χ0v) is 26.4. The molecule has 2 N–H and O–H groups in total. The van der Waals surface area contributed by atoms with E-state index in [-0.39, 0.29) is 23.6 Å². The van der Waals surface area contributed by atoms with Gasteiger partial charge in [0.2, 0.25) is 5.55 Å². The number of amides is 1. The van der Waals surface area contributed by atoms with Gasteiger partial charge >= 0.3 is 0 Å². The molecule has 4 aromatic carbocycles. The maximum absolute atomic E-state index is 13.8. The maximum Gasteiger partial charge on any atom is 0.261 e. The van der Waals surface area contributed by atoms with E-state index < -0.39 is 0 Å². The molecule has 1 amide bonds. The van der Waals surface area contributed by atoms with Crippen LogP contribution in [0, 0.1) is 20.8 Å². The summed E-state index contributed by atoms with van der Waals surface area (Å²) in [6, 6.07) is 29.7. The van der Waals surface area contributed by atoms with Crippen LogP contribution in [0.3, 0.4) is 0 Å². The van der Waals surface area contributed by atoms with Gasteiger partial charge in [-0.3, -0.25) is 9.78 Å². The van der Waals surface area contributed by atoms with Crippen molar-refractivity contribution in [3.05, 3.63) is 136 Å². The molecule has 0 aliphatic heterocycles. The van der Waals surface area contributed by atoms with Crippen molar-refractivity contribution in [1.82, 2.24) is 9.97 Å². The molecule has 0 saturated heterocycles. The van der Waals surface area contributed by atoms with E-state index in [4.69, 9.17) is 9.41 Å². The van der Waals surface area contributed by atoms with E-state index in [1.807, 2.05) is 86.1 Å². The van der Waals surface area contributed by atoms with Gasteiger partial charge in [-0.05, 0) is 79.9 Å². The normalized spacial score (nSPS) is 11.8. The number of nitrogens with one attached hydrogen (secondary N) is 1. The average molecular weight is 623 g/mol. The molecular formula is C38H30N4O3S. The van der Waals surface area contributed by atoms with Crippen molar-refractivity contribution in [2.75, 3.05) is 5.32 Å². The molecule has 0 fully saturated rings. The Bertz CT molecular complexity index is 2320. The number of aliphatic hydroxyl groups excluding tert-OH is 1. The van der Waals surface area contributed by atoms with Gasteiger partial charge in [0.15, 0.2) is 5.58 Å². The Kier molecular flexibility index (Phi) is 7.74. The molecule has 0 aliphatic carbocycles. The Hall–Kier alpha value is -5.44. The predicted molar refractivity (Wildman–Crippen MR) is 184 cm³/mol. The largest absolute Gasteiger partial charge is 0.436 e. The first-order valence-corrected chi connectivity index (χ1v) is 15.8. The number of hydrogen-bond acceptors (Lipinski definition) is 7. The molecule has 0 bridgehead atoms. The number of hydrogen-bond donors (Lipinski definition) is 2. The second-order valence-corrected chi connectivity index (χ2v) is 12.2. The van der Waals surface area contributed by atoms with E-state index in [9.17, 15) is 9.90 Å². The molecule has 0 radical (unpaired) electrons. The summed E-state index contributed by atoms with van der Waals surface area (Å²) in [6.07, 6.45) is 1.60. The highest BCUT2D eigenvalue weighted by Crippen LogP contribution is 2.38. The first-order chi connectivity index (χ1) is 22.4. The average Bonchev–Trinajstić information content (AvgIpc) is 3.55. The fourth-order valence-electron chi connectivity index (χ4n) is 5.58. The second-order valence-electron chi connectivity index (χ2n) is 11.3. The van der Waals surface area contributed by atoms with E-state index >= 15 is 0 Å². The summed E-state index contributed by atoms with van der Waals surface area (Å²) in [5.74, 6) is -0.379. The van der Waals surface area contributed by atoms with Crippen LogP contribution < -0.4 is 10.9 Å². The van der Waals surface area contributed by atoms with Gasteiger partial charge in [0.05, 0.1) is 33.7 Å². The summed E-state index contributed by atoms with van der Waals surface area (Å²) in [6.45, 7) is 5.66. The second kappa shape index (κ2) is 12.2. The molecular weight excluding hydrogens is 593 g/mol. The van der Waals surface area contributed by atoms with Gasteiger partial charge < -0.3 is 14.8 Å². The summed E-state index contributed by atoms with van der Waals surface area (Å²) in [7, 11) is 0. The summed E-state index contributed by atoms with van der Waals surface area (Å²) >= 11 is 1.63. The van der Waals surface area contributed by atoms with Crippen LogP contribution in [0.15, 0.2) is 112 Å². The number of carbonyl (C=O) groups excluding carboxylic acids is 1. The topological polar surface area (TPSA) is 101 Å². The van der Waals surface area contributed by atoms with Crippen molar-refractivity contribution in [1.29, 1.82) is 0 Å². The summed E-state index contributed by atoms with van der Waals surface area (Å²) < 4.78 is 7.54. The lowest BCUT2D eigenvalue weighted by Crippen LogP contribution is -2.22. The van der Waals surface area contributed by atoms with Crippen molar-refractivity contribution >= 4 is 49.8 Å². The van der Waals surface area contributed by atoms with Crippen LogP contribution in [-0.2, 0) is 6.61 Å². The van der Waals surface area contributed by atoms with Gasteiger partial charge in [-0.1, -0.05) is 54.1 Å². The minimum absolute atomic E-state index is 0.138. The monoisotopic (exact) mass is 622 g/mol. The van der Waals surface area contributed by atoms with Crippen molar-refractivity contribution in [3.63, 3.8) is 0 Å². The summed E-state index contributed by atoms with van der Waals surface area (Å²) in [5.41, 5.74) is 12.3. The fourth-order valence-corrected chi connectivity index (χ4v) is 6.38. The molecule has 3 heterocycles. The molecule has 7 aromatic rings. The third-order valence-electron chi connectivity index (χ3n) is 7.97. The van der Waals surface area contributed by atoms with Gasteiger partial charge in [-0.25, -0.2) is 9.98 Å². The third-order valence-corrected chi connectivity index (χ3v) is 8.75. The minimum atomic E-state index is -0.379. The molecule has 3 aromatic heterocycles. The number of thiazole rings is 1. The molecule has 0 saturated carbocycles. The van der Waals surface area contributed by atoms with Crippen LogP contribution >= 0.6 is 11.3 Å². The minimum Gasteiger partial charge on any atom is -0.436 e. The first kappa shape index (κ1) is 29.3. The van der Waals surface area contributed by atoms with E-state index in [2.05, 4.69) is 40.4 Å². The Morgan fingerprint density at radius 1 is 0.870 bits per heavy atom. The molecule has 46 heavy (non-hydrogen) atoms. The number of rotatable bonds is 6. The number of carbonyl (C=O) groups is 1. The SMILES string of the molecule is Cc1ccc(NC(=O)c2cc3c(CO)cnc(C)c3oc2=Nc2ccc(-c3cc(C)cc4scnc34)cc2-c2ccccc2)cc1. The van der Waals surface area contributed by atoms with Gasteiger partial charge in [0.25, 0.3) is 5.91 Å². The molecule has 226 valence electrons. The summed E-state index contributed by atoms with van der Waals surface area (Å²) in [5, 5.41) is 13.7. The van der Waals surface area contributed by atoms with Crippen molar-refractivity contribution in [2.45, 2.75) is 27.4 Å². The number of aromatic nitrogens is 2. The number of anilines is 1. The van der Waals surface area contributed by atoms with Crippen LogP contribution in [0.2, 0.25) is 0 Å². The van der Waals surface area contributed by atoms with Crippen LogP contribution in [0.1, 0.15) is 32.7 Å². The van der Waals surface area contributed by atoms with E-state index in [1.165, 1.54) is 0 Å². The molecule has 0 aliphatic rings. The fraction of sp³-hybridized carbons (Fsp3) is 0.105. The molecule has 0 unspecified atom stereocenters. The molecule has 8 heteroatoms. The van der Waals surface area contributed by atoms with Crippen molar-refractivity contribution in [3.8, 4) is 22.3 Å². The predicted octanol–water partition coefficient (Wildman–Crippen LogP) is 8.67. The van der Waals surface area contributed by atoms with E-state index in [1.54, 1.807) is 23.6 Å². The Morgan fingerprint density at radius 3 is 2.46 bits per heavy atom. The first-order valence-electron chi connectivity index (χ1n) is 14.9. The third kappa shape index (κ3) is 5.60. The Morgan fingerprint density at radius 2 is 1.67 bits per heavy atom. The van der Waals surface area contributed by atoms with Gasteiger partial charge in [-0.2, -0.15) is 0 Å². The van der Waals surface area contributed by atoms with Crippen molar-refractivity contribution in [2.24, 2.45) is 4.99 Å². The van der Waals surface area contributed by atoms with Crippen molar-refractivity contribution < 1.29 is 14.3 Å². The molecule has 0 spiro atoms. The molecule has 0 atom stereocenters. The molecule has 7 rings (SSSR count). The van der Waals surface area contributed by atoms with E-state index in [0.29, 0.717) is 33.6 Å². The number of fused-ring (bicyclic) bond motifs is 2. The lowest BCUT2D eigenvalue weighted by atomic mass is 9.96. The lowest BCUT2D eigenvalue weighted by molar-refractivity contribution is 0.102. The number of aliphatic hydroxyl groups is 1. The highest BCUT2D eigenvalue weighted by Gasteiger charge is 2.18. The Labute approximate surface area is 269 Å². The van der Waals surface area contributed by atoms with E-state index in [0.717, 1.165) is 43.6 Å². The quantitative estimate of drug-likeness (QED) is 0.193. The van der Waals surface area contributed by atoms with Crippen LogP contribution in [0.25, 0.3) is 43.4 Å². The zero-order chi connectivity index (χ0) is 31.8. The van der Waals surface area contributed by atoms with Gasteiger partial charge in [0, 0.05) is 34.0 Å². The number of aryl methyl sites for hydroxylation is 3. The molecule has 7 nitrogen and oxygen atoms in total. The number of pyridine rings is 1. The standard InChI is InChI=1S/C38H30N4O3S/c1-22-9-12-28(13-10-22)41-37(44)32-18-31-27(20-43)19-39-24(3)36(31)45-38(32)42-33-14-11-26(17-29(33)25-7-5-4-6-8-25)30-15-23(2)16-34-35(30)40-21-46-34/h4-19,21,43H,20H2,1-3H3,(H,41,44). The van der Waals surface area contributed by atoms with Gasteiger partial charge in [-0.15, -0.1) is 11.3 Å². The van der Waals surface area contributed by atoms with Crippen LogP contribution in [-0.4, -0.2) is 21.0 Å². The number of nitrogens with zero attached hydrogens (tertiary/aromatic N) is 3. The highest BCUT2D eigenvalue weighted by molar-refractivity contribution is 7.16. The van der Waals surface area contributed by atoms with Gasteiger partial charge in [0.1, 0.15) is 5.56 Å². The van der Waals surface area contributed by atoms with Crippen LogP contribution in [0.5, 0.6) is 0 Å². The smallest absolute Gasteiger partial charge is 0.261 e. The highest BCUT2D eigenvalue weighted by atomic mass is 32.1. The number of benzene rings is 4. The summed E-state index contributed by atoms with van der Waals surface area (Å²) in [4.78, 5) is 27.9.